The molecule has 1 aliphatic rings. The number of hydrogen-bond acceptors (Lipinski definition) is 3. The summed E-state index contributed by atoms with van der Waals surface area (Å²) in [7, 11) is 0. The molecule has 0 spiro atoms. The van der Waals surface area contributed by atoms with E-state index in [9.17, 15) is 4.79 Å². The van der Waals surface area contributed by atoms with Crippen molar-refractivity contribution in [1.82, 2.24) is 10.6 Å². The molecule has 2 N–H and O–H groups in total. The number of amides is 1. The van der Waals surface area contributed by atoms with Gasteiger partial charge < -0.3 is 10.6 Å². The minimum absolute atomic E-state index is 0.0366. The van der Waals surface area contributed by atoms with Crippen molar-refractivity contribution < 1.29 is 4.79 Å². The fraction of sp³-hybridized carbons (Fsp3) is 0.500. The van der Waals surface area contributed by atoms with Crippen LogP contribution in [0.5, 0.6) is 0 Å². The van der Waals surface area contributed by atoms with Gasteiger partial charge in [0.05, 0.1) is 6.54 Å². The van der Waals surface area contributed by atoms with Gasteiger partial charge in [-0.1, -0.05) is 0 Å². The van der Waals surface area contributed by atoms with E-state index < -0.39 is 0 Å². The van der Waals surface area contributed by atoms with Crippen molar-refractivity contribution in [2.75, 3.05) is 6.54 Å². The number of thiophene rings is 1. The van der Waals surface area contributed by atoms with E-state index in [2.05, 4.69) is 16.7 Å². The molecule has 2 rings (SSSR count). The first-order chi connectivity index (χ1) is 6.75. The molecule has 0 aliphatic carbocycles. The Hall–Kier alpha value is -0.870. The maximum absolute atomic E-state index is 10.7. The third kappa shape index (κ3) is 2.13. The van der Waals surface area contributed by atoms with Crippen molar-refractivity contribution in [2.45, 2.75) is 26.4 Å². The maximum Gasteiger partial charge on any atom is 0.217 e. The molecule has 0 unspecified atom stereocenters. The zero-order valence-electron chi connectivity index (χ0n) is 8.22. The van der Waals surface area contributed by atoms with Crippen LogP contribution in [-0.4, -0.2) is 12.5 Å². The summed E-state index contributed by atoms with van der Waals surface area (Å²) >= 11 is 1.82. The molecule has 1 amide bonds. The van der Waals surface area contributed by atoms with Gasteiger partial charge in [0.1, 0.15) is 0 Å². The fourth-order valence-electron chi connectivity index (χ4n) is 1.61. The predicted octanol–water partition coefficient (Wildman–Crippen LogP) is 1.03. The van der Waals surface area contributed by atoms with Crippen LogP contribution in [0.1, 0.15) is 22.2 Å². The molecule has 0 saturated heterocycles. The number of rotatable bonds is 2. The summed E-state index contributed by atoms with van der Waals surface area (Å²) in [6.45, 7) is 4.28. The van der Waals surface area contributed by atoms with Gasteiger partial charge in [-0.3, -0.25) is 4.79 Å². The number of fused-ring (bicyclic) bond motifs is 1. The predicted molar refractivity (Wildman–Crippen MR) is 57.3 cm³/mol. The van der Waals surface area contributed by atoms with Gasteiger partial charge in [-0.15, -0.1) is 11.3 Å². The van der Waals surface area contributed by atoms with Crippen LogP contribution in [0.25, 0.3) is 0 Å². The minimum atomic E-state index is 0.0366. The first kappa shape index (κ1) is 9.68. The molecule has 1 aromatic heterocycles. The normalized spacial score (nSPS) is 14.9. The van der Waals surface area contributed by atoms with Crippen LogP contribution in [0.15, 0.2) is 6.07 Å². The first-order valence-corrected chi connectivity index (χ1v) is 5.63. The number of carbonyl (C=O) groups excluding carboxylic acids is 1. The molecule has 14 heavy (non-hydrogen) atoms. The summed E-state index contributed by atoms with van der Waals surface area (Å²) in [6.07, 6.45) is 1.13. The number of nitrogens with one attached hydrogen (secondary N) is 2. The van der Waals surface area contributed by atoms with E-state index in [0.717, 1.165) is 19.5 Å². The molecule has 0 aromatic carbocycles. The van der Waals surface area contributed by atoms with Gasteiger partial charge in [-0.05, 0) is 18.1 Å². The van der Waals surface area contributed by atoms with E-state index in [4.69, 9.17) is 0 Å². The van der Waals surface area contributed by atoms with Gasteiger partial charge in [0.15, 0.2) is 0 Å². The van der Waals surface area contributed by atoms with Crippen molar-refractivity contribution in [3.05, 3.63) is 21.4 Å². The largest absolute Gasteiger partial charge is 0.351 e. The minimum Gasteiger partial charge on any atom is -0.351 e. The number of hydrogen-bond donors (Lipinski definition) is 2. The summed E-state index contributed by atoms with van der Waals surface area (Å²) in [6, 6.07) is 2.20. The van der Waals surface area contributed by atoms with Crippen LogP contribution in [0, 0.1) is 0 Å². The lowest BCUT2D eigenvalue weighted by Crippen LogP contribution is -2.21. The Bertz CT molecular complexity index is 322. The van der Waals surface area contributed by atoms with Crippen LogP contribution < -0.4 is 10.6 Å². The lowest BCUT2D eigenvalue weighted by Gasteiger charge is -2.10. The smallest absolute Gasteiger partial charge is 0.217 e. The Morgan fingerprint density at radius 2 is 2.57 bits per heavy atom. The average molecular weight is 210 g/mol. The molecule has 0 saturated carbocycles. The zero-order chi connectivity index (χ0) is 9.97. The molecule has 0 bridgehead atoms. The van der Waals surface area contributed by atoms with E-state index in [0.29, 0.717) is 6.54 Å². The van der Waals surface area contributed by atoms with Crippen molar-refractivity contribution in [3.63, 3.8) is 0 Å². The number of carbonyl (C=O) groups is 1. The second kappa shape index (κ2) is 4.11. The van der Waals surface area contributed by atoms with E-state index in [1.807, 2.05) is 11.3 Å². The molecular formula is C10H14N2OS. The highest BCUT2D eigenvalue weighted by molar-refractivity contribution is 7.12. The highest BCUT2D eigenvalue weighted by Gasteiger charge is 2.12. The van der Waals surface area contributed by atoms with Gasteiger partial charge in [0.25, 0.3) is 0 Å². The average Bonchev–Trinajstić information content (AvgIpc) is 2.57. The van der Waals surface area contributed by atoms with Crippen LogP contribution in [0.3, 0.4) is 0 Å². The van der Waals surface area contributed by atoms with E-state index >= 15 is 0 Å². The lowest BCUT2D eigenvalue weighted by molar-refractivity contribution is -0.119. The molecule has 76 valence electrons. The summed E-state index contributed by atoms with van der Waals surface area (Å²) in [5, 5.41) is 6.16. The van der Waals surface area contributed by atoms with Gasteiger partial charge in [-0.2, -0.15) is 0 Å². The van der Waals surface area contributed by atoms with Gasteiger partial charge >= 0.3 is 0 Å². The Morgan fingerprint density at radius 3 is 3.29 bits per heavy atom. The van der Waals surface area contributed by atoms with Crippen molar-refractivity contribution in [2.24, 2.45) is 0 Å². The third-order valence-corrected chi connectivity index (χ3v) is 3.54. The van der Waals surface area contributed by atoms with Crippen molar-refractivity contribution in [3.8, 4) is 0 Å². The van der Waals surface area contributed by atoms with Gasteiger partial charge in [0.2, 0.25) is 5.91 Å². The summed E-state index contributed by atoms with van der Waals surface area (Å²) in [4.78, 5) is 13.5. The highest BCUT2D eigenvalue weighted by Crippen LogP contribution is 2.24. The zero-order valence-corrected chi connectivity index (χ0v) is 9.04. The second-order valence-corrected chi connectivity index (χ2v) is 4.72. The van der Waals surface area contributed by atoms with Crippen LogP contribution in [-0.2, 0) is 24.3 Å². The molecule has 0 radical (unpaired) electrons. The summed E-state index contributed by atoms with van der Waals surface area (Å²) in [5.74, 6) is 0.0366. The second-order valence-electron chi connectivity index (χ2n) is 3.50. The Kier molecular flexibility index (Phi) is 2.84. The Morgan fingerprint density at radius 1 is 1.71 bits per heavy atom. The van der Waals surface area contributed by atoms with Crippen LogP contribution in [0.4, 0.5) is 0 Å². The lowest BCUT2D eigenvalue weighted by atomic mass is 10.1. The van der Waals surface area contributed by atoms with Crippen molar-refractivity contribution in [1.29, 1.82) is 0 Å². The third-order valence-electron chi connectivity index (χ3n) is 2.30. The van der Waals surface area contributed by atoms with E-state index in [1.165, 1.54) is 15.3 Å². The standard InChI is InChI=1S/C10H14N2OS/c1-7(13)12-6-9-4-8-5-11-3-2-10(8)14-9/h4,11H,2-3,5-6H2,1H3,(H,12,13). The Balaban J connectivity index is 2.04. The summed E-state index contributed by atoms with van der Waals surface area (Å²) < 4.78 is 0. The van der Waals surface area contributed by atoms with E-state index in [-0.39, 0.29) is 5.91 Å². The molecule has 3 nitrogen and oxygen atoms in total. The molecule has 0 fully saturated rings. The van der Waals surface area contributed by atoms with Crippen molar-refractivity contribution >= 4 is 17.2 Å². The van der Waals surface area contributed by atoms with Gasteiger partial charge in [-0.25, -0.2) is 0 Å². The van der Waals surface area contributed by atoms with Gasteiger partial charge in [0, 0.05) is 29.8 Å². The van der Waals surface area contributed by atoms with E-state index in [1.54, 1.807) is 6.92 Å². The molecular weight excluding hydrogens is 196 g/mol. The maximum atomic E-state index is 10.7. The summed E-state index contributed by atoms with van der Waals surface area (Å²) in [5.41, 5.74) is 1.40. The monoisotopic (exact) mass is 210 g/mol. The fourth-order valence-corrected chi connectivity index (χ4v) is 2.74. The Labute approximate surface area is 87.5 Å². The first-order valence-electron chi connectivity index (χ1n) is 4.81. The molecule has 1 aromatic rings. The van der Waals surface area contributed by atoms with Crippen LogP contribution >= 0.6 is 11.3 Å². The molecule has 2 heterocycles. The topological polar surface area (TPSA) is 41.1 Å². The highest BCUT2D eigenvalue weighted by atomic mass is 32.1. The molecule has 0 atom stereocenters. The quantitative estimate of drug-likeness (QED) is 0.765. The molecule has 4 heteroatoms. The van der Waals surface area contributed by atoms with Crippen LogP contribution in [0.2, 0.25) is 0 Å². The molecule has 1 aliphatic heterocycles. The SMILES string of the molecule is CC(=O)NCc1cc2c(s1)CCNC2.